The summed E-state index contributed by atoms with van der Waals surface area (Å²) in [6.07, 6.45) is 5.43. The first-order valence-corrected chi connectivity index (χ1v) is 9.77. The minimum atomic E-state index is -3.07. The number of halogens is 1. The standard InChI is InChI=1S/C15H19BrN2O2S/c1-21(19,20)18-7-2-3-12(11-18)10-17-8-6-13-9-14(16)4-5-15(13)17/h4-6,8-9,12H,2-3,7,10-11H2,1H3. The van der Waals surface area contributed by atoms with Crippen LogP contribution in [0.25, 0.3) is 10.9 Å². The molecule has 21 heavy (non-hydrogen) atoms. The first-order chi connectivity index (χ1) is 9.93. The number of sulfonamides is 1. The van der Waals surface area contributed by atoms with Crippen molar-refractivity contribution in [1.29, 1.82) is 0 Å². The van der Waals surface area contributed by atoms with E-state index in [9.17, 15) is 8.42 Å². The highest BCUT2D eigenvalue weighted by molar-refractivity contribution is 9.10. The molecule has 0 spiro atoms. The quantitative estimate of drug-likeness (QED) is 0.832. The monoisotopic (exact) mass is 370 g/mol. The summed E-state index contributed by atoms with van der Waals surface area (Å²) in [5, 5.41) is 1.21. The van der Waals surface area contributed by atoms with Crippen molar-refractivity contribution >= 4 is 36.9 Å². The zero-order chi connectivity index (χ0) is 15.0. The molecule has 1 aliphatic rings. The molecular formula is C15H19BrN2O2S. The Morgan fingerprint density at radius 3 is 2.90 bits per heavy atom. The summed E-state index contributed by atoms with van der Waals surface area (Å²) in [5.74, 6) is 0.382. The van der Waals surface area contributed by atoms with Gasteiger partial charge in [0.1, 0.15) is 0 Å². The van der Waals surface area contributed by atoms with E-state index in [1.54, 1.807) is 4.31 Å². The van der Waals surface area contributed by atoms with Crippen LogP contribution in [0.4, 0.5) is 0 Å². The molecule has 6 heteroatoms. The van der Waals surface area contributed by atoms with E-state index in [-0.39, 0.29) is 0 Å². The Kier molecular flexibility index (Phi) is 4.12. The van der Waals surface area contributed by atoms with Crippen LogP contribution in [0, 0.1) is 5.92 Å². The molecule has 1 aliphatic heterocycles. The highest BCUT2D eigenvalue weighted by Gasteiger charge is 2.26. The fraction of sp³-hybridized carbons (Fsp3) is 0.467. The van der Waals surface area contributed by atoms with E-state index < -0.39 is 10.0 Å². The second-order valence-corrected chi connectivity index (χ2v) is 8.70. The van der Waals surface area contributed by atoms with Gasteiger partial charge in [0.15, 0.2) is 0 Å². The van der Waals surface area contributed by atoms with Gasteiger partial charge in [0.25, 0.3) is 0 Å². The number of hydrogen-bond donors (Lipinski definition) is 0. The highest BCUT2D eigenvalue weighted by Crippen LogP contribution is 2.25. The number of rotatable bonds is 3. The van der Waals surface area contributed by atoms with Gasteiger partial charge in [-0.15, -0.1) is 0 Å². The van der Waals surface area contributed by atoms with Crippen molar-refractivity contribution in [2.75, 3.05) is 19.3 Å². The Bertz CT molecular complexity index is 754. The van der Waals surface area contributed by atoms with Crippen molar-refractivity contribution < 1.29 is 8.42 Å². The van der Waals surface area contributed by atoms with Crippen LogP contribution in [-0.2, 0) is 16.6 Å². The van der Waals surface area contributed by atoms with Crippen LogP contribution in [0.5, 0.6) is 0 Å². The van der Waals surface area contributed by atoms with Crippen molar-refractivity contribution in [2.45, 2.75) is 19.4 Å². The second kappa shape index (κ2) is 5.74. The number of piperidine rings is 1. The van der Waals surface area contributed by atoms with Crippen LogP contribution >= 0.6 is 15.9 Å². The molecule has 114 valence electrons. The topological polar surface area (TPSA) is 42.3 Å². The smallest absolute Gasteiger partial charge is 0.211 e. The van der Waals surface area contributed by atoms with Crippen LogP contribution in [-0.4, -0.2) is 36.6 Å². The minimum Gasteiger partial charge on any atom is -0.347 e. The van der Waals surface area contributed by atoms with Gasteiger partial charge in [0, 0.05) is 41.2 Å². The molecular weight excluding hydrogens is 352 g/mol. The third kappa shape index (κ3) is 3.33. The molecule has 1 aromatic heterocycles. The Labute approximate surface area is 133 Å². The third-order valence-corrected chi connectivity index (χ3v) is 5.90. The zero-order valence-corrected chi connectivity index (χ0v) is 14.4. The predicted molar refractivity (Wildman–Crippen MR) is 88.8 cm³/mol. The molecule has 1 unspecified atom stereocenters. The van der Waals surface area contributed by atoms with Crippen molar-refractivity contribution in [2.24, 2.45) is 5.92 Å². The van der Waals surface area contributed by atoms with Gasteiger partial charge in [-0.3, -0.25) is 0 Å². The predicted octanol–water partition coefficient (Wildman–Crippen LogP) is 3.08. The number of hydrogen-bond acceptors (Lipinski definition) is 2. The van der Waals surface area contributed by atoms with E-state index in [1.165, 1.54) is 17.2 Å². The van der Waals surface area contributed by atoms with Gasteiger partial charge in [0.2, 0.25) is 10.0 Å². The van der Waals surface area contributed by atoms with Gasteiger partial charge < -0.3 is 4.57 Å². The summed E-state index contributed by atoms with van der Waals surface area (Å²) in [6.45, 7) is 2.17. The number of benzene rings is 1. The molecule has 1 saturated heterocycles. The van der Waals surface area contributed by atoms with Crippen LogP contribution in [0.15, 0.2) is 34.9 Å². The van der Waals surface area contributed by atoms with Crippen molar-refractivity contribution in [3.05, 3.63) is 34.9 Å². The van der Waals surface area contributed by atoms with E-state index in [2.05, 4.69) is 44.9 Å². The molecule has 0 saturated carbocycles. The molecule has 2 heterocycles. The lowest BCUT2D eigenvalue weighted by molar-refractivity contribution is 0.248. The Hall–Kier alpha value is -0.850. The van der Waals surface area contributed by atoms with E-state index in [1.807, 2.05) is 6.07 Å². The maximum Gasteiger partial charge on any atom is 0.211 e. The average Bonchev–Trinajstić information content (AvgIpc) is 2.80. The molecule has 3 rings (SSSR count). The van der Waals surface area contributed by atoms with Crippen molar-refractivity contribution in [3.63, 3.8) is 0 Å². The number of nitrogens with zero attached hydrogens (tertiary/aromatic N) is 2. The fourth-order valence-corrected chi connectivity index (χ4v) is 4.41. The van der Waals surface area contributed by atoms with Gasteiger partial charge in [0.05, 0.1) is 6.26 Å². The zero-order valence-electron chi connectivity index (χ0n) is 12.0. The van der Waals surface area contributed by atoms with Gasteiger partial charge in [-0.2, -0.15) is 0 Å². The number of aromatic nitrogens is 1. The van der Waals surface area contributed by atoms with Crippen LogP contribution in [0.2, 0.25) is 0 Å². The summed E-state index contributed by atoms with van der Waals surface area (Å²) >= 11 is 3.49. The molecule has 0 N–H and O–H groups in total. The van der Waals surface area contributed by atoms with Crippen molar-refractivity contribution in [1.82, 2.24) is 8.87 Å². The average molecular weight is 371 g/mol. The van der Waals surface area contributed by atoms with Gasteiger partial charge in [-0.25, -0.2) is 12.7 Å². The van der Waals surface area contributed by atoms with Gasteiger partial charge >= 0.3 is 0 Å². The van der Waals surface area contributed by atoms with E-state index >= 15 is 0 Å². The lowest BCUT2D eigenvalue weighted by Crippen LogP contribution is -2.40. The Morgan fingerprint density at radius 1 is 1.33 bits per heavy atom. The summed E-state index contributed by atoms with van der Waals surface area (Å²) in [7, 11) is -3.07. The summed E-state index contributed by atoms with van der Waals surface area (Å²) < 4.78 is 28.3. The van der Waals surface area contributed by atoms with Gasteiger partial charge in [-0.05, 0) is 43.0 Å². The maximum atomic E-state index is 11.7. The fourth-order valence-electron chi connectivity index (χ4n) is 3.09. The summed E-state index contributed by atoms with van der Waals surface area (Å²) in [4.78, 5) is 0. The molecule has 4 nitrogen and oxygen atoms in total. The summed E-state index contributed by atoms with van der Waals surface area (Å²) in [5.41, 5.74) is 1.20. The van der Waals surface area contributed by atoms with E-state index in [4.69, 9.17) is 0 Å². The number of fused-ring (bicyclic) bond motifs is 1. The maximum absolute atomic E-state index is 11.7. The first-order valence-electron chi connectivity index (χ1n) is 7.13. The lowest BCUT2D eigenvalue weighted by Gasteiger charge is -2.31. The van der Waals surface area contributed by atoms with E-state index in [0.29, 0.717) is 19.0 Å². The van der Waals surface area contributed by atoms with Crippen LogP contribution in [0.3, 0.4) is 0 Å². The first kappa shape index (κ1) is 15.1. The second-order valence-electron chi connectivity index (χ2n) is 5.80. The SMILES string of the molecule is CS(=O)(=O)N1CCCC(Cn2ccc3cc(Br)ccc32)C1. The van der Waals surface area contributed by atoms with Crippen molar-refractivity contribution in [3.8, 4) is 0 Å². The minimum absolute atomic E-state index is 0.382. The Balaban J connectivity index is 1.79. The lowest BCUT2D eigenvalue weighted by atomic mass is 9.99. The van der Waals surface area contributed by atoms with E-state index in [0.717, 1.165) is 23.9 Å². The third-order valence-electron chi connectivity index (χ3n) is 4.14. The Morgan fingerprint density at radius 2 is 2.14 bits per heavy atom. The molecule has 2 aromatic rings. The molecule has 0 aliphatic carbocycles. The molecule has 0 radical (unpaired) electrons. The largest absolute Gasteiger partial charge is 0.347 e. The summed E-state index contributed by atoms with van der Waals surface area (Å²) in [6, 6.07) is 8.37. The molecule has 1 aromatic carbocycles. The molecule has 1 atom stereocenters. The molecule has 0 amide bonds. The van der Waals surface area contributed by atoms with Crippen LogP contribution < -0.4 is 0 Å². The molecule has 1 fully saturated rings. The normalized spacial score (nSPS) is 21.0. The molecule has 0 bridgehead atoms. The highest BCUT2D eigenvalue weighted by atomic mass is 79.9. The van der Waals surface area contributed by atoms with Gasteiger partial charge in [-0.1, -0.05) is 15.9 Å². The van der Waals surface area contributed by atoms with Crippen LogP contribution in [0.1, 0.15) is 12.8 Å².